The van der Waals surface area contributed by atoms with Crippen LogP contribution >= 0.6 is 0 Å². The van der Waals surface area contributed by atoms with Gasteiger partial charge in [0, 0.05) is 7.05 Å². The predicted molar refractivity (Wildman–Crippen MR) is 49.3 cm³/mol. The maximum atomic E-state index is 11.3. The van der Waals surface area contributed by atoms with E-state index in [0.717, 1.165) is 4.31 Å². The summed E-state index contributed by atoms with van der Waals surface area (Å²) in [5.41, 5.74) is 10.0. The lowest BCUT2D eigenvalue weighted by Crippen LogP contribution is -2.37. The first kappa shape index (κ1) is 12.3. The Labute approximate surface area is 77.9 Å². The van der Waals surface area contributed by atoms with Crippen LogP contribution in [-0.2, 0) is 14.8 Å². The lowest BCUT2D eigenvalue weighted by molar-refractivity contribution is -0.118. The van der Waals surface area contributed by atoms with E-state index < -0.39 is 15.9 Å². The zero-order valence-electron chi connectivity index (χ0n) is 7.56. The fraction of sp³-hybridized carbons (Fsp3) is 0.833. The number of carbonyl (C=O) groups is 1. The number of rotatable bonds is 6. The first-order chi connectivity index (χ1) is 5.90. The summed E-state index contributed by atoms with van der Waals surface area (Å²) in [6.45, 7) is 0.0244. The van der Waals surface area contributed by atoms with Gasteiger partial charge in [-0.3, -0.25) is 4.79 Å². The van der Waals surface area contributed by atoms with Gasteiger partial charge in [0.05, 0.1) is 12.3 Å². The zero-order chi connectivity index (χ0) is 10.5. The second-order valence-corrected chi connectivity index (χ2v) is 4.88. The third-order valence-electron chi connectivity index (χ3n) is 1.46. The fourth-order valence-corrected chi connectivity index (χ4v) is 1.91. The molecule has 0 saturated carbocycles. The monoisotopic (exact) mass is 209 g/mol. The quantitative estimate of drug-likeness (QED) is 0.532. The van der Waals surface area contributed by atoms with Crippen LogP contribution in [0.25, 0.3) is 0 Å². The van der Waals surface area contributed by atoms with Gasteiger partial charge in [-0.15, -0.1) is 0 Å². The van der Waals surface area contributed by atoms with Crippen LogP contribution < -0.4 is 11.5 Å². The molecule has 4 N–H and O–H groups in total. The third-order valence-corrected chi connectivity index (χ3v) is 3.34. The first-order valence-corrected chi connectivity index (χ1v) is 5.43. The average molecular weight is 209 g/mol. The van der Waals surface area contributed by atoms with Gasteiger partial charge in [-0.2, -0.15) is 4.31 Å². The van der Waals surface area contributed by atoms with Crippen molar-refractivity contribution in [3.05, 3.63) is 0 Å². The zero-order valence-corrected chi connectivity index (χ0v) is 8.38. The highest BCUT2D eigenvalue weighted by molar-refractivity contribution is 7.89. The number of hydrogen-bond donors (Lipinski definition) is 2. The van der Waals surface area contributed by atoms with E-state index in [1.165, 1.54) is 7.05 Å². The van der Waals surface area contributed by atoms with E-state index >= 15 is 0 Å². The Bertz CT molecular complexity index is 262. The number of hydrogen-bond acceptors (Lipinski definition) is 4. The number of carbonyl (C=O) groups excluding carboxylic acids is 1. The SMILES string of the molecule is CN(CC(N)=O)S(=O)(=O)CCCN. The Morgan fingerprint density at radius 1 is 1.46 bits per heavy atom. The molecule has 0 aromatic rings. The molecule has 7 heteroatoms. The van der Waals surface area contributed by atoms with Crippen LogP contribution in [0.15, 0.2) is 0 Å². The van der Waals surface area contributed by atoms with Gasteiger partial charge in [-0.1, -0.05) is 0 Å². The van der Waals surface area contributed by atoms with Crippen molar-refractivity contribution in [2.24, 2.45) is 11.5 Å². The molecule has 0 aliphatic carbocycles. The van der Waals surface area contributed by atoms with Gasteiger partial charge in [0.2, 0.25) is 15.9 Å². The van der Waals surface area contributed by atoms with Crippen LogP contribution in [0.4, 0.5) is 0 Å². The Kier molecular flexibility index (Phi) is 4.89. The molecule has 0 spiro atoms. The average Bonchev–Trinajstić information content (AvgIpc) is 1.99. The minimum absolute atomic E-state index is 0.0483. The summed E-state index contributed by atoms with van der Waals surface area (Å²) in [6.07, 6.45) is 0.380. The van der Waals surface area contributed by atoms with E-state index in [0.29, 0.717) is 13.0 Å². The Hall–Kier alpha value is -0.660. The number of nitrogens with two attached hydrogens (primary N) is 2. The number of primary amides is 1. The van der Waals surface area contributed by atoms with Crippen LogP contribution in [0.3, 0.4) is 0 Å². The normalized spacial score (nSPS) is 11.9. The highest BCUT2D eigenvalue weighted by Gasteiger charge is 2.18. The van der Waals surface area contributed by atoms with Gasteiger partial charge in [0.15, 0.2) is 0 Å². The summed E-state index contributed by atoms with van der Waals surface area (Å²) in [4.78, 5) is 10.4. The van der Waals surface area contributed by atoms with E-state index in [9.17, 15) is 13.2 Å². The molecular formula is C6H15N3O3S. The van der Waals surface area contributed by atoms with Gasteiger partial charge in [0.1, 0.15) is 0 Å². The van der Waals surface area contributed by atoms with Crippen molar-refractivity contribution < 1.29 is 13.2 Å². The minimum Gasteiger partial charge on any atom is -0.369 e. The minimum atomic E-state index is -3.36. The smallest absolute Gasteiger partial charge is 0.232 e. The Balaban J connectivity index is 4.20. The van der Waals surface area contributed by atoms with E-state index in [1.54, 1.807) is 0 Å². The molecule has 0 aliphatic heterocycles. The van der Waals surface area contributed by atoms with E-state index in [2.05, 4.69) is 0 Å². The molecule has 0 aromatic heterocycles. The third kappa shape index (κ3) is 4.81. The molecule has 6 nitrogen and oxygen atoms in total. The van der Waals surface area contributed by atoms with Crippen molar-refractivity contribution >= 4 is 15.9 Å². The van der Waals surface area contributed by atoms with Crippen LogP contribution in [0.1, 0.15) is 6.42 Å². The number of nitrogens with zero attached hydrogens (tertiary/aromatic N) is 1. The van der Waals surface area contributed by atoms with Crippen molar-refractivity contribution in [2.45, 2.75) is 6.42 Å². The van der Waals surface area contributed by atoms with Crippen molar-refractivity contribution in [1.29, 1.82) is 0 Å². The molecule has 0 saturated heterocycles. The molecule has 0 radical (unpaired) electrons. The number of likely N-dealkylation sites (N-methyl/N-ethyl adjacent to an activating group) is 1. The number of sulfonamides is 1. The summed E-state index contributed by atoms with van der Waals surface area (Å²) in [5.74, 6) is -0.716. The van der Waals surface area contributed by atoms with Crippen molar-refractivity contribution in [3.63, 3.8) is 0 Å². The molecule has 1 amide bonds. The van der Waals surface area contributed by atoms with Gasteiger partial charge in [0.25, 0.3) is 0 Å². The van der Waals surface area contributed by atoms with Gasteiger partial charge in [-0.05, 0) is 13.0 Å². The highest BCUT2D eigenvalue weighted by atomic mass is 32.2. The maximum absolute atomic E-state index is 11.3. The second-order valence-electron chi connectivity index (χ2n) is 2.68. The Morgan fingerprint density at radius 2 is 2.00 bits per heavy atom. The predicted octanol–water partition coefficient (Wildman–Crippen LogP) is -1.92. The molecular weight excluding hydrogens is 194 g/mol. The molecule has 0 atom stereocenters. The van der Waals surface area contributed by atoms with E-state index in [-0.39, 0.29) is 12.3 Å². The largest absolute Gasteiger partial charge is 0.369 e. The molecule has 0 fully saturated rings. The maximum Gasteiger partial charge on any atom is 0.232 e. The Morgan fingerprint density at radius 3 is 2.38 bits per heavy atom. The van der Waals surface area contributed by atoms with Crippen molar-refractivity contribution in [2.75, 3.05) is 25.9 Å². The van der Waals surface area contributed by atoms with Crippen LogP contribution in [0.5, 0.6) is 0 Å². The van der Waals surface area contributed by atoms with Gasteiger partial charge >= 0.3 is 0 Å². The van der Waals surface area contributed by atoms with Crippen LogP contribution in [0.2, 0.25) is 0 Å². The van der Waals surface area contributed by atoms with Crippen LogP contribution in [-0.4, -0.2) is 44.5 Å². The summed E-state index contributed by atoms with van der Waals surface area (Å²) in [7, 11) is -2.05. The molecule has 0 bridgehead atoms. The molecule has 0 rings (SSSR count). The summed E-state index contributed by atoms with van der Waals surface area (Å²) in [6, 6.07) is 0. The van der Waals surface area contributed by atoms with Crippen molar-refractivity contribution in [3.8, 4) is 0 Å². The molecule has 0 aliphatic rings. The van der Waals surface area contributed by atoms with Crippen molar-refractivity contribution in [1.82, 2.24) is 4.31 Å². The van der Waals surface area contributed by atoms with E-state index in [4.69, 9.17) is 11.5 Å². The highest BCUT2D eigenvalue weighted by Crippen LogP contribution is 1.98. The molecule has 0 unspecified atom stereocenters. The molecule has 0 aromatic carbocycles. The molecule has 78 valence electrons. The topological polar surface area (TPSA) is 106 Å². The van der Waals surface area contributed by atoms with Gasteiger partial charge in [-0.25, -0.2) is 8.42 Å². The fourth-order valence-electron chi connectivity index (χ4n) is 0.739. The van der Waals surface area contributed by atoms with Crippen LogP contribution in [0, 0.1) is 0 Å². The standard InChI is InChI=1S/C6H15N3O3S/c1-9(5-6(8)10)13(11,12)4-2-3-7/h2-5,7H2,1H3,(H2,8,10). The molecule has 0 heterocycles. The second kappa shape index (κ2) is 5.15. The lowest BCUT2D eigenvalue weighted by Gasteiger charge is -2.14. The summed E-state index contributed by atoms with van der Waals surface area (Å²) < 4.78 is 23.5. The first-order valence-electron chi connectivity index (χ1n) is 3.82. The molecule has 13 heavy (non-hydrogen) atoms. The van der Waals surface area contributed by atoms with E-state index in [1.807, 2.05) is 0 Å². The lowest BCUT2D eigenvalue weighted by atomic mass is 10.5. The summed E-state index contributed by atoms with van der Waals surface area (Å²) >= 11 is 0. The number of amides is 1. The van der Waals surface area contributed by atoms with Gasteiger partial charge < -0.3 is 11.5 Å². The summed E-state index contributed by atoms with van der Waals surface area (Å²) in [5, 5.41) is 0.